The minimum Gasteiger partial charge on any atom is -0.497 e. The first-order chi connectivity index (χ1) is 18.4. The smallest absolute Gasteiger partial charge is 0.207 e. The number of carbonyl (C=O) groups is 2. The minimum atomic E-state index is -0.294. The van der Waals surface area contributed by atoms with Gasteiger partial charge in [-0.15, -0.1) is 11.8 Å². The molecule has 5 rings (SSSR count). The van der Waals surface area contributed by atoms with Crippen molar-refractivity contribution in [1.29, 1.82) is 5.41 Å². The van der Waals surface area contributed by atoms with Gasteiger partial charge in [0.1, 0.15) is 5.75 Å². The topological polar surface area (TPSA) is 72.2 Å². The summed E-state index contributed by atoms with van der Waals surface area (Å²) in [6.45, 7) is 4.78. The lowest BCUT2D eigenvalue weighted by Gasteiger charge is -2.06. The van der Waals surface area contributed by atoms with Gasteiger partial charge >= 0.3 is 0 Å². The molecule has 1 N–H and O–H groups in total. The predicted molar refractivity (Wildman–Crippen MR) is 156 cm³/mol. The van der Waals surface area contributed by atoms with E-state index in [9.17, 15) is 9.59 Å². The van der Waals surface area contributed by atoms with E-state index in [2.05, 4.69) is 11.5 Å². The number of nitrogens with zero attached hydrogens (tertiary/aromatic N) is 1. The second-order valence-corrected chi connectivity index (χ2v) is 10.2. The van der Waals surface area contributed by atoms with E-state index in [4.69, 9.17) is 10.1 Å². The van der Waals surface area contributed by atoms with E-state index in [1.165, 1.54) is 11.8 Å². The van der Waals surface area contributed by atoms with Crippen LogP contribution in [0.25, 0.3) is 21.8 Å². The van der Waals surface area contributed by atoms with Crippen LogP contribution in [0.1, 0.15) is 38.8 Å². The molecular formula is C32H28N2O3S. The van der Waals surface area contributed by atoms with E-state index in [1.54, 1.807) is 13.2 Å². The molecule has 190 valence electrons. The van der Waals surface area contributed by atoms with E-state index in [0.717, 1.165) is 44.6 Å². The molecule has 5 aromatic rings. The number of aromatic nitrogens is 1. The van der Waals surface area contributed by atoms with Crippen molar-refractivity contribution in [3.05, 3.63) is 107 Å². The third kappa shape index (κ3) is 4.75. The van der Waals surface area contributed by atoms with E-state index < -0.39 is 0 Å². The summed E-state index contributed by atoms with van der Waals surface area (Å²) in [4.78, 5) is 27.5. The van der Waals surface area contributed by atoms with Crippen LogP contribution in [-0.2, 0) is 6.54 Å². The minimum absolute atomic E-state index is 0.0213. The van der Waals surface area contributed by atoms with Gasteiger partial charge in [0.2, 0.25) is 5.78 Å². The number of thioether (sulfide) groups is 1. The molecule has 6 heteroatoms. The fraction of sp³-hybridized carbons (Fsp3) is 0.156. The maximum absolute atomic E-state index is 13.3. The quantitative estimate of drug-likeness (QED) is 0.125. The summed E-state index contributed by atoms with van der Waals surface area (Å²) in [5.74, 6) is 0.725. The predicted octanol–water partition coefficient (Wildman–Crippen LogP) is 7.36. The zero-order valence-electron chi connectivity index (χ0n) is 21.6. The standard InChI is InChI=1S/C32H28N2O3S/c1-4-34-29-15-9-21(31(35)25-8-6-5-7-20(25)2)17-26(29)27-18-22(10-16-30(27)34)32(36)28(33)19-38-24-13-11-23(37-3)12-14-24/h5-18,33H,4,19H2,1-3H3. The number of ether oxygens (including phenoxy) is 1. The van der Waals surface area contributed by atoms with Crippen molar-refractivity contribution in [3.8, 4) is 5.75 Å². The van der Waals surface area contributed by atoms with Gasteiger partial charge in [0.05, 0.1) is 12.8 Å². The number of hydrogen-bond acceptors (Lipinski definition) is 5. The average Bonchev–Trinajstić information content (AvgIpc) is 3.27. The summed E-state index contributed by atoms with van der Waals surface area (Å²) in [6, 6.07) is 26.5. The number of fused-ring (bicyclic) bond motifs is 3. The van der Waals surface area contributed by atoms with Crippen molar-refractivity contribution in [2.24, 2.45) is 0 Å². The van der Waals surface area contributed by atoms with Crippen LogP contribution in [0.5, 0.6) is 5.75 Å². The molecular weight excluding hydrogens is 492 g/mol. The Balaban J connectivity index is 1.47. The van der Waals surface area contributed by atoms with Crippen molar-refractivity contribution in [2.45, 2.75) is 25.3 Å². The number of methoxy groups -OCH3 is 1. The molecule has 4 aromatic carbocycles. The van der Waals surface area contributed by atoms with Gasteiger partial charge in [0, 0.05) is 55.7 Å². The van der Waals surface area contributed by atoms with Crippen molar-refractivity contribution >= 4 is 50.8 Å². The van der Waals surface area contributed by atoms with Gasteiger partial charge < -0.3 is 14.7 Å². The molecule has 0 atom stereocenters. The van der Waals surface area contributed by atoms with E-state index >= 15 is 0 Å². The highest BCUT2D eigenvalue weighted by Crippen LogP contribution is 2.32. The van der Waals surface area contributed by atoms with E-state index in [0.29, 0.717) is 16.7 Å². The highest BCUT2D eigenvalue weighted by molar-refractivity contribution is 8.00. The van der Waals surface area contributed by atoms with Gasteiger partial charge in [0.15, 0.2) is 5.78 Å². The summed E-state index contributed by atoms with van der Waals surface area (Å²) in [5.41, 5.74) is 4.76. The maximum atomic E-state index is 13.3. The number of nitrogens with one attached hydrogen (secondary N) is 1. The molecule has 0 fully saturated rings. The molecule has 0 aliphatic heterocycles. The summed E-state index contributed by atoms with van der Waals surface area (Å²) in [7, 11) is 1.62. The Morgan fingerprint density at radius 3 is 2.13 bits per heavy atom. The Kier molecular flexibility index (Phi) is 7.16. The monoisotopic (exact) mass is 520 g/mol. The fourth-order valence-electron chi connectivity index (χ4n) is 4.78. The van der Waals surface area contributed by atoms with Crippen LogP contribution in [0.3, 0.4) is 0 Å². The highest BCUT2D eigenvalue weighted by Gasteiger charge is 2.18. The first-order valence-corrected chi connectivity index (χ1v) is 13.4. The maximum Gasteiger partial charge on any atom is 0.207 e. The molecule has 0 bridgehead atoms. The third-order valence-corrected chi connectivity index (χ3v) is 7.85. The van der Waals surface area contributed by atoms with Gasteiger partial charge in [-0.1, -0.05) is 24.3 Å². The summed E-state index contributed by atoms with van der Waals surface area (Å²) in [5, 5.41) is 10.3. The first kappa shape index (κ1) is 25.5. The number of carbonyl (C=O) groups excluding carboxylic acids is 2. The molecule has 0 saturated carbocycles. The summed E-state index contributed by atoms with van der Waals surface area (Å²) < 4.78 is 7.37. The van der Waals surface area contributed by atoms with Gasteiger partial charge in [-0.05, 0) is 80.1 Å². The highest BCUT2D eigenvalue weighted by atomic mass is 32.2. The van der Waals surface area contributed by atoms with Crippen LogP contribution in [0.2, 0.25) is 0 Å². The molecule has 1 heterocycles. The molecule has 0 saturated heterocycles. The molecule has 38 heavy (non-hydrogen) atoms. The molecule has 0 aliphatic rings. The molecule has 0 radical (unpaired) electrons. The molecule has 1 aromatic heterocycles. The lowest BCUT2D eigenvalue weighted by Crippen LogP contribution is -2.15. The van der Waals surface area contributed by atoms with Crippen LogP contribution in [0, 0.1) is 12.3 Å². The number of rotatable bonds is 9. The second-order valence-electron chi connectivity index (χ2n) is 9.12. The number of hydrogen-bond donors (Lipinski definition) is 1. The van der Waals surface area contributed by atoms with Crippen LogP contribution in [0.4, 0.5) is 0 Å². The molecule has 0 amide bonds. The van der Waals surface area contributed by atoms with Gasteiger partial charge in [-0.2, -0.15) is 0 Å². The van der Waals surface area contributed by atoms with Crippen LogP contribution in [-0.4, -0.2) is 34.7 Å². The summed E-state index contributed by atoms with van der Waals surface area (Å²) >= 11 is 1.45. The summed E-state index contributed by atoms with van der Waals surface area (Å²) in [6.07, 6.45) is 0. The number of aryl methyl sites for hydroxylation is 2. The first-order valence-electron chi connectivity index (χ1n) is 12.5. The average molecular weight is 521 g/mol. The second kappa shape index (κ2) is 10.7. The van der Waals surface area contributed by atoms with E-state index in [-0.39, 0.29) is 23.0 Å². The number of benzene rings is 4. The lowest BCUT2D eigenvalue weighted by atomic mass is 9.97. The van der Waals surface area contributed by atoms with E-state index in [1.807, 2.05) is 85.8 Å². The van der Waals surface area contributed by atoms with Crippen LogP contribution in [0.15, 0.2) is 89.8 Å². The SMILES string of the molecule is CCn1c2ccc(C(=O)C(=N)CSc3ccc(OC)cc3)cc2c2cc(C(=O)c3ccccc3C)ccc21. The Morgan fingerprint density at radius 2 is 1.50 bits per heavy atom. The zero-order chi connectivity index (χ0) is 26.8. The number of ketones is 2. The molecule has 0 aliphatic carbocycles. The number of Topliss-reactive ketones (excluding diaryl/α,β-unsaturated/α-hetero) is 1. The van der Waals surface area contributed by atoms with Gasteiger partial charge in [0.25, 0.3) is 0 Å². The zero-order valence-corrected chi connectivity index (χ0v) is 22.4. The van der Waals surface area contributed by atoms with Crippen molar-refractivity contribution in [1.82, 2.24) is 4.57 Å². The Labute approximate surface area is 225 Å². The van der Waals surface area contributed by atoms with Crippen molar-refractivity contribution in [2.75, 3.05) is 12.9 Å². The fourth-order valence-corrected chi connectivity index (χ4v) is 5.55. The molecule has 0 unspecified atom stereocenters. The molecule has 5 nitrogen and oxygen atoms in total. The van der Waals surface area contributed by atoms with Crippen LogP contribution >= 0.6 is 11.8 Å². The van der Waals surface area contributed by atoms with Crippen molar-refractivity contribution in [3.63, 3.8) is 0 Å². The third-order valence-electron chi connectivity index (χ3n) is 6.81. The van der Waals surface area contributed by atoms with Gasteiger partial charge in [-0.3, -0.25) is 9.59 Å². The van der Waals surface area contributed by atoms with Crippen molar-refractivity contribution < 1.29 is 14.3 Å². The van der Waals surface area contributed by atoms with Crippen LogP contribution < -0.4 is 4.74 Å². The Hall–Kier alpha value is -4.16. The lowest BCUT2D eigenvalue weighted by molar-refractivity contribution is 0.103. The molecule has 0 spiro atoms. The Morgan fingerprint density at radius 1 is 0.868 bits per heavy atom. The van der Waals surface area contributed by atoms with Gasteiger partial charge in [-0.25, -0.2) is 0 Å². The normalized spacial score (nSPS) is 11.1. The Bertz CT molecular complexity index is 1700. The largest absolute Gasteiger partial charge is 0.497 e.